The molecular formula is C31H39FN4. The molecule has 0 aromatic heterocycles. The Balaban J connectivity index is 1.13. The summed E-state index contributed by atoms with van der Waals surface area (Å²) in [6, 6.07) is 13.8. The summed E-state index contributed by atoms with van der Waals surface area (Å²) in [5.74, 6) is 1.94. The zero-order valence-electron chi connectivity index (χ0n) is 21.6. The average Bonchev–Trinajstić information content (AvgIpc) is 3.41. The van der Waals surface area contributed by atoms with Gasteiger partial charge in [0, 0.05) is 55.3 Å². The maximum absolute atomic E-state index is 15.6. The molecule has 4 aliphatic rings. The summed E-state index contributed by atoms with van der Waals surface area (Å²) >= 11 is 0. The lowest BCUT2D eigenvalue weighted by atomic mass is 9.57. The number of halogens is 1. The number of anilines is 1. The summed E-state index contributed by atoms with van der Waals surface area (Å²) in [6.07, 6.45) is 7.50. The van der Waals surface area contributed by atoms with Gasteiger partial charge in [-0.05, 0) is 81.4 Å². The minimum absolute atomic E-state index is 0.0268. The Kier molecular flexibility index (Phi) is 6.52. The van der Waals surface area contributed by atoms with Crippen LogP contribution in [0.5, 0.6) is 0 Å². The maximum atomic E-state index is 15.6. The molecule has 190 valence electrons. The minimum Gasteiger partial charge on any atom is -0.371 e. The number of piperidine rings is 1. The second kappa shape index (κ2) is 9.80. The summed E-state index contributed by atoms with van der Waals surface area (Å²) < 4.78 is 15.6. The topological polar surface area (TPSA) is 14.1 Å². The first kappa shape index (κ1) is 23.9. The van der Waals surface area contributed by atoms with Gasteiger partial charge in [0.1, 0.15) is 5.82 Å². The smallest absolute Gasteiger partial charge is 0.187 e. The Morgan fingerprint density at radius 2 is 1.67 bits per heavy atom. The molecule has 3 heterocycles. The predicted molar refractivity (Wildman–Crippen MR) is 144 cm³/mol. The van der Waals surface area contributed by atoms with Gasteiger partial charge in [-0.25, -0.2) is 9.24 Å². The Hall–Kier alpha value is -2.42. The lowest BCUT2D eigenvalue weighted by Gasteiger charge is -2.54. The molecule has 1 atom stereocenters. The van der Waals surface area contributed by atoms with E-state index in [2.05, 4.69) is 44.8 Å². The van der Waals surface area contributed by atoms with Gasteiger partial charge >= 0.3 is 0 Å². The van der Waals surface area contributed by atoms with E-state index in [0.29, 0.717) is 23.4 Å². The van der Waals surface area contributed by atoms with Crippen molar-refractivity contribution in [3.8, 4) is 0 Å². The minimum atomic E-state index is -0.0268. The van der Waals surface area contributed by atoms with E-state index >= 15 is 4.39 Å². The van der Waals surface area contributed by atoms with Gasteiger partial charge < -0.3 is 14.7 Å². The van der Waals surface area contributed by atoms with Crippen molar-refractivity contribution in [2.75, 3.05) is 51.2 Å². The molecular weight excluding hydrogens is 447 g/mol. The van der Waals surface area contributed by atoms with E-state index in [1.54, 1.807) is 6.07 Å². The fourth-order valence-electron chi connectivity index (χ4n) is 8.16. The van der Waals surface area contributed by atoms with Crippen molar-refractivity contribution >= 4 is 11.4 Å². The Morgan fingerprint density at radius 3 is 2.36 bits per heavy atom. The SMILES string of the molecule is [C-]#[N+]c1ccc(N2CC(CN3CCC(C4(C5CCCC5)CN(C)Cc5cccc(F)c54)CC3)C2)cc1. The van der Waals surface area contributed by atoms with Crippen LogP contribution in [0.1, 0.15) is 49.7 Å². The van der Waals surface area contributed by atoms with Crippen LogP contribution in [0.15, 0.2) is 42.5 Å². The number of hydrogen-bond acceptors (Lipinski definition) is 3. The van der Waals surface area contributed by atoms with Crippen molar-refractivity contribution in [1.29, 1.82) is 0 Å². The van der Waals surface area contributed by atoms with Crippen molar-refractivity contribution < 1.29 is 4.39 Å². The first-order chi connectivity index (χ1) is 17.6. The van der Waals surface area contributed by atoms with E-state index in [9.17, 15) is 0 Å². The van der Waals surface area contributed by atoms with E-state index in [1.807, 2.05) is 18.2 Å². The predicted octanol–water partition coefficient (Wildman–Crippen LogP) is 6.10. The molecule has 36 heavy (non-hydrogen) atoms. The Bertz CT molecular complexity index is 1100. The third kappa shape index (κ3) is 4.23. The van der Waals surface area contributed by atoms with Gasteiger partial charge in [-0.3, -0.25) is 0 Å². The van der Waals surface area contributed by atoms with E-state index < -0.39 is 0 Å². The van der Waals surface area contributed by atoms with Gasteiger partial charge in [0.25, 0.3) is 0 Å². The molecule has 1 unspecified atom stereocenters. The number of rotatable bonds is 5. The number of nitrogens with zero attached hydrogens (tertiary/aromatic N) is 4. The maximum Gasteiger partial charge on any atom is 0.187 e. The van der Waals surface area contributed by atoms with Crippen molar-refractivity contribution in [2.24, 2.45) is 17.8 Å². The highest BCUT2D eigenvalue weighted by atomic mass is 19.1. The number of hydrogen-bond donors (Lipinski definition) is 0. The van der Waals surface area contributed by atoms with Crippen molar-refractivity contribution in [3.05, 3.63) is 70.8 Å². The third-order valence-corrected chi connectivity index (χ3v) is 9.75. The molecule has 4 nitrogen and oxygen atoms in total. The summed E-state index contributed by atoms with van der Waals surface area (Å²) in [7, 11) is 2.24. The highest BCUT2D eigenvalue weighted by Crippen LogP contribution is 2.54. The number of likely N-dealkylation sites (N-methyl/N-ethyl adjacent to an activating group) is 1. The first-order valence-corrected chi connectivity index (χ1v) is 14.0. The van der Waals surface area contributed by atoms with E-state index in [4.69, 9.17) is 6.57 Å². The lowest BCUT2D eigenvalue weighted by Crippen LogP contribution is -2.57. The van der Waals surface area contributed by atoms with Crippen molar-refractivity contribution in [1.82, 2.24) is 9.80 Å². The molecule has 3 aliphatic heterocycles. The van der Waals surface area contributed by atoms with Crippen LogP contribution in [0.3, 0.4) is 0 Å². The van der Waals surface area contributed by atoms with Crippen LogP contribution in [0.4, 0.5) is 15.8 Å². The summed E-state index contributed by atoms with van der Waals surface area (Å²) in [5, 5.41) is 0. The molecule has 5 heteroatoms. The van der Waals surface area contributed by atoms with Gasteiger partial charge in [-0.15, -0.1) is 0 Å². The first-order valence-electron chi connectivity index (χ1n) is 14.0. The highest BCUT2D eigenvalue weighted by molar-refractivity contribution is 5.56. The third-order valence-electron chi connectivity index (χ3n) is 9.75. The van der Waals surface area contributed by atoms with Gasteiger partial charge in [-0.2, -0.15) is 0 Å². The average molecular weight is 487 g/mol. The molecule has 0 radical (unpaired) electrons. The fraction of sp³-hybridized carbons (Fsp3) is 0.581. The highest BCUT2D eigenvalue weighted by Gasteiger charge is 2.52. The van der Waals surface area contributed by atoms with Crippen LogP contribution < -0.4 is 4.90 Å². The molecule has 0 amide bonds. The number of benzene rings is 2. The van der Waals surface area contributed by atoms with Crippen LogP contribution in [0.2, 0.25) is 0 Å². The lowest BCUT2D eigenvalue weighted by molar-refractivity contribution is 0.0394. The standard InChI is InChI=1S/C31H39FN4/c1-33-27-10-12-28(13-11-27)36-19-23(20-36)18-35-16-14-26(15-17-35)31(25-7-3-4-8-25)22-34(2)21-24-6-5-9-29(32)30(24)31/h5-6,9-13,23,25-26H,3-4,7-8,14-22H2,2H3. The summed E-state index contributed by atoms with van der Waals surface area (Å²) in [5.41, 5.74) is 4.24. The second-order valence-electron chi connectivity index (χ2n) is 11.9. The second-order valence-corrected chi connectivity index (χ2v) is 11.9. The molecule has 2 saturated heterocycles. The number of fused-ring (bicyclic) bond motifs is 1. The molecule has 0 N–H and O–H groups in total. The summed E-state index contributed by atoms with van der Waals surface area (Å²) in [6.45, 7) is 14.7. The van der Waals surface area contributed by atoms with Gasteiger partial charge in [0.2, 0.25) is 0 Å². The molecule has 0 bridgehead atoms. The van der Waals surface area contributed by atoms with Crippen LogP contribution in [-0.4, -0.2) is 56.1 Å². The molecule has 2 aromatic carbocycles. The van der Waals surface area contributed by atoms with Crippen molar-refractivity contribution in [2.45, 2.75) is 50.5 Å². The quantitative estimate of drug-likeness (QED) is 0.475. The van der Waals surface area contributed by atoms with Crippen LogP contribution in [0.25, 0.3) is 4.85 Å². The van der Waals surface area contributed by atoms with Gasteiger partial charge in [0.15, 0.2) is 5.69 Å². The molecule has 3 fully saturated rings. The Labute approximate surface area is 215 Å². The van der Waals surface area contributed by atoms with E-state index in [0.717, 1.165) is 44.8 Å². The van der Waals surface area contributed by atoms with E-state index in [-0.39, 0.29) is 11.2 Å². The normalized spacial score (nSPS) is 26.5. The number of likely N-dealkylation sites (tertiary alicyclic amines) is 1. The Morgan fingerprint density at radius 1 is 0.972 bits per heavy atom. The largest absolute Gasteiger partial charge is 0.371 e. The molecule has 1 aliphatic carbocycles. The zero-order chi connectivity index (χ0) is 24.7. The molecule has 2 aromatic rings. The zero-order valence-corrected chi connectivity index (χ0v) is 21.6. The molecule has 1 saturated carbocycles. The van der Waals surface area contributed by atoms with Gasteiger partial charge in [0.05, 0.1) is 6.57 Å². The monoisotopic (exact) mass is 486 g/mol. The van der Waals surface area contributed by atoms with Crippen LogP contribution in [0, 0.1) is 30.1 Å². The molecule has 0 spiro atoms. The molecule has 6 rings (SSSR count). The van der Waals surface area contributed by atoms with E-state index in [1.165, 1.54) is 56.3 Å². The fourth-order valence-corrected chi connectivity index (χ4v) is 8.16. The van der Waals surface area contributed by atoms with Gasteiger partial charge in [-0.1, -0.05) is 37.1 Å². The van der Waals surface area contributed by atoms with Crippen LogP contribution >= 0.6 is 0 Å². The summed E-state index contributed by atoms with van der Waals surface area (Å²) in [4.78, 5) is 11.1. The van der Waals surface area contributed by atoms with Crippen LogP contribution in [-0.2, 0) is 12.0 Å². The van der Waals surface area contributed by atoms with Crippen molar-refractivity contribution in [3.63, 3.8) is 0 Å².